The summed E-state index contributed by atoms with van der Waals surface area (Å²) in [6.45, 7) is 3.99. The van der Waals surface area contributed by atoms with E-state index in [0.29, 0.717) is 6.04 Å². The normalized spacial score (nSPS) is 31.9. The van der Waals surface area contributed by atoms with Gasteiger partial charge in [0.1, 0.15) is 0 Å². The maximum Gasteiger partial charge on any atom is 0.0669 e. The topological polar surface area (TPSA) is 56.0 Å². The predicted octanol–water partition coefficient (Wildman–Crippen LogP) is 1.43. The minimum Gasteiger partial charge on any atom is -0.393 e. The minimum absolute atomic E-state index is 0.0573. The highest BCUT2D eigenvalue weighted by Gasteiger charge is 2.22. The quantitative estimate of drug-likeness (QED) is 0.718. The van der Waals surface area contributed by atoms with Crippen LogP contribution >= 0.6 is 0 Å². The number of aliphatic hydroxyl groups excluding tert-OH is 1. The monoisotopic (exact) mass is 196 g/mol. The number of aliphatic hydroxyl groups is 1. The van der Waals surface area contributed by atoms with E-state index in [1.54, 1.807) is 0 Å². The van der Waals surface area contributed by atoms with Gasteiger partial charge in [-0.15, -0.1) is 0 Å². The highest BCUT2D eigenvalue weighted by Crippen LogP contribution is 2.19. The third kappa shape index (κ3) is 3.28. The number of rotatable bonds is 3. The van der Waals surface area contributed by atoms with Crippen LogP contribution in [-0.2, 0) is 0 Å². The summed E-state index contributed by atoms with van der Waals surface area (Å²) in [6.07, 6.45) is 3.75. The van der Waals surface area contributed by atoms with E-state index in [1.807, 2.05) is 6.92 Å². The molecule has 14 heavy (non-hydrogen) atoms. The number of nitrogens with one attached hydrogen (secondary N) is 1. The maximum atomic E-state index is 9.34. The van der Waals surface area contributed by atoms with Gasteiger partial charge in [0.25, 0.3) is 0 Å². The summed E-state index contributed by atoms with van der Waals surface area (Å²) in [4.78, 5) is 0. The first-order valence-corrected chi connectivity index (χ1v) is 5.47. The lowest BCUT2D eigenvalue weighted by atomic mass is 9.91. The van der Waals surface area contributed by atoms with Crippen LogP contribution in [0.3, 0.4) is 0 Å². The molecule has 0 aromatic carbocycles. The first-order chi connectivity index (χ1) is 6.63. The molecular formula is C11H20N2O. The van der Waals surface area contributed by atoms with Gasteiger partial charge in [0.2, 0.25) is 0 Å². The Hall–Kier alpha value is -0.590. The lowest BCUT2D eigenvalue weighted by molar-refractivity contribution is 0.113. The molecule has 2 atom stereocenters. The molecule has 0 aromatic heterocycles. The molecule has 0 bridgehead atoms. The van der Waals surface area contributed by atoms with Crippen molar-refractivity contribution in [2.24, 2.45) is 5.92 Å². The summed E-state index contributed by atoms with van der Waals surface area (Å²) in [7, 11) is 0. The van der Waals surface area contributed by atoms with Crippen molar-refractivity contribution >= 4 is 0 Å². The second-order valence-electron chi connectivity index (χ2n) is 4.38. The molecule has 1 aliphatic rings. The Morgan fingerprint density at radius 2 is 1.86 bits per heavy atom. The first-order valence-electron chi connectivity index (χ1n) is 5.47. The average Bonchev–Trinajstić information content (AvgIpc) is 2.20. The molecule has 0 saturated heterocycles. The van der Waals surface area contributed by atoms with Crippen LogP contribution in [0.15, 0.2) is 0 Å². The SMILES string of the molecule is CC(C#N)C(C)NC1CCC(O)CC1. The first kappa shape index (κ1) is 11.5. The highest BCUT2D eigenvalue weighted by atomic mass is 16.3. The van der Waals surface area contributed by atoms with Crippen molar-refractivity contribution in [1.29, 1.82) is 5.26 Å². The van der Waals surface area contributed by atoms with Crippen LogP contribution in [0.5, 0.6) is 0 Å². The summed E-state index contributed by atoms with van der Waals surface area (Å²) < 4.78 is 0. The molecule has 0 aromatic rings. The van der Waals surface area contributed by atoms with Crippen LogP contribution < -0.4 is 5.32 Å². The largest absolute Gasteiger partial charge is 0.393 e. The Morgan fingerprint density at radius 3 is 2.36 bits per heavy atom. The van der Waals surface area contributed by atoms with Crippen LogP contribution in [0.2, 0.25) is 0 Å². The van der Waals surface area contributed by atoms with E-state index in [9.17, 15) is 5.11 Å². The number of hydrogen-bond donors (Lipinski definition) is 2. The molecule has 2 unspecified atom stereocenters. The van der Waals surface area contributed by atoms with Gasteiger partial charge in [0.05, 0.1) is 18.1 Å². The molecular weight excluding hydrogens is 176 g/mol. The van der Waals surface area contributed by atoms with E-state index in [-0.39, 0.29) is 18.1 Å². The van der Waals surface area contributed by atoms with Crippen molar-refractivity contribution in [3.8, 4) is 6.07 Å². The average molecular weight is 196 g/mol. The van der Waals surface area contributed by atoms with Crippen molar-refractivity contribution in [3.63, 3.8) is 0 Å². The van der Waals surface area contributed by atoms with E-state index in [1.165, 1.54) is 0 Å². The fraction of sp³-hybridized carbons (Fsp3) is 0.909. The van der Waals surface area contributed by atoms with Crippen molar-refractivity contribution in [2.45, 2.75) is 57.7 Å². The second kappa shape index (κ2) is 5.33. The fourth-order valence-electron chi connectivity index (χ4n) is 1.87. The van der Waals surface area contributed by atoms with Gasteiger partial charge in [-0.05, 0) is 39.5 Å². The molecule has 0 amide bonds. The van der Waals surface area contributed by atoms with Crippen molar-refractivity contribution < 1.29 is 5.11 Å². The maximum absolute atomic E-state index is 9.34. The Kier molecular flexibility index (Phi) is 4.37. The molecule has 1 fully saturated rings. The minimum atomic E-state index is -0.100. The Balaban J connectivity index is 2.28. The Labute approximate surface area is 86.1 Å². The molecule has 1 saturated carbocycles. The molecule has 0 spiro atoms. The van der Waals surface area contributed by atoms with E-state index in [4.69, 9.17) is 5.26 Å². The van der Waals surface area contributed by atoms with Gasteiger partial charge in [0.15, 0.2) is 0 Å². The molecule has 80 valence electrons. The molecule has 0 heterocycles. The van der Waals surface area contributed by atoms with E-state index >= 15 is 0 Å². The standard InChI is InChI=1S/C11H20N2O/c1-8(7-12)9(2)13-10-3-5-11(14)6-4-10/h8-11,13-14H,3-6H2,1-2H3. The zero-order valence-corrected chi connectivity index (χ0v) is 9.03. The van der Waals surface area contributed by atoms with Crippen LogP contribution in [0.25, 0.3) is 0 Å². The summed E-state index contributed by atoms with van der Waals surface area (Å²) in [6, 6.07) is 2.99. The Morgan fingerprint density at radius 1 is 1.29 bits per heavy atom. The summed E-state index contributed by atoms with van der Waals surface area (Å²) >= 11 is 0. The predicted molar refractivity (Wildman–Crippen MR) is 55.6 cm³/mol. The van der Waals surface area contributed by atoms with Gasteiger partial charge in [-0.25, -0.2) is 0 Å². The molecule has 3 nitrogen and oxygen atoms in total. The van der Waals surface area contributed by atoms with Gasteiger partial charge in [-0.1, -0.05) is 0 Å². The lowest BCUT2D eigenvalue weighted by Gasteiger charge is -2.29. The molecule has 3 heteroatoms. The van der Waals surface area contributed by atoms with Gasteiger partial charge < -0.3 is 10.4 Å². The molecule has 1 rings (SSSR count). The van der Waals surface area contributed by atoms with Gasteiger partial charge >= 0.3 is 0 Å². The van der Waals surface area contributed by atoms with Gasteiger partial charge in [-0.2, -0.15) is 5.26 Å². The van der Waals surface area contributed by atoms with Gasteiger partial charge in [0, 0.05) is 12.1 Å². The smallest absolute Gasteiger partial charge is 0.0669 e. The third-order valence-electron chi connectivity index (χ3n) is 3.15. The third-order valence-corrected chi connectivity index (χ3v) is 3.15. The van der Waals surface area contributed by atoms with Crippen LogP contribution in [-0.4, -0.2) is 23.3 Å². The number of nitrogens with zero attached hydrogens (tertiary/aromatic N) is 1. The highest BCUT2D eigenvalue weighted by molar-refractivity contribution is 4.89. The van der Waals surface area contributed by atoms with Crippen LogP contribution in [0, 0.1) is 17.2 Å². The molecule has 2 N–H and O–H groups in total. The van der Waals surface area contributed by atoms with E-state index in [0.717, 1.165) is 25.7 Å². The Bertz CT molecular complexity index is 204. The zero-order valence-electron chi connectivity index (χ0n) is 9.03. The summed E-state index contributed by atoms with van der Waals surface area (Å²) in [5.41, 5.74) is 0. The zero-order chi connectivity index (χ0) is 10.6. The summed E-state index contributed by atoms with van der Waals surface area (Å²) in [5, 5.41) is 21.5. The van der Waals surface area contributed by atoms with Crippen molar-refractivity contribution in [1.82, 2.24) is 5.32 Å². The molecule has 1 aliphatic carbocycles. The van der Waals surface area contributed by atoms with Crippen molar-refractivity contribution in [3.05, 3.63) is 0 Å². The lowest BCUT2D eigenvalue weighted by Crippen LogP contribution is -2.42. The van der Waals surface area contributed by atoms with Crippen molar-refractivity contribution in [2.75, 3.05) is 0 Å². The van der Waals surface area contributed by atoms with E-state index < -0.39 is 0 Å². The van der Waals surface area contributed by atoms with Crippen LogP contribution in [0.1, 0.15) is 39.5 Å². The molecule has 0 radical (unpaired) electrons. The molecule has 0 aliphatic heterocycles. The second-order valence-corrected chi connectivity index (χ2v) is 4.38. The number of nitriles is 1. The number of hydrogen-bond acceptors (Lipinski definition) is 3. The fourth-order valence-corrected chi connectivity index (χ4v) is 1.87. The van der Waals surface area contributed by atoms with Crippen LogP contribution in [0.4, 0.5) is 0 Å². The van der Waals surface area contributed by atoms with Gasteiger partial charge in [-0.3, -0.25) is 0 Å². The van der Waals surface area contributed by atoms with E-state index in [2.05, 4.69) is 18.3 Å². The summed E-state index contributed by atoms with van der Waals surface area (Å²) in [5.74, 6) is 0.0573.